The van der Waals surface area contributed by atoms with Crippen LogP contribution in [-0.4, -0.2) is 111 Å². The Morgan fingerprint density at radius 3 is 1.74 bits per heavy atom. The van der Waals surface area contributed by atoms with Crippen LogP contribution in [0.15, 0.2) is 143 Å². The third-order valence-corrected chi connectivity index (χ3v) is 13.8. The van der Waals surface area contributed by atoms with Gasteiger partial charge in [0.25, 0.3) is 0 Å². The normalized spacial score (nSPS) is 12.6. The summed E-state index contributed by atoms with van der Waals surface area (Å²) in [5.41, 5.74) is 10.4. The summed E-state index contributed by atoms with van der Waals surface area (Å²) in [7, 11) is 85.4. The lowest BCUT2D eigenvalue weighted by Crippen LogP contribution is -2.49. The molecule has 26 radical (unpaired) electrons. The molecule has 0 aliphatic rings. The second-order valence-electron chi connectivity index (χ2n) is 17.8. The molecule has 3 heterocycles. The Labute approximate surface area is 434 Å². The molecule has 4 nitrogen and oxygen atoms in total. The monoisotopic (exact) mass is 888 g/mol. The van der Waals surface area contributed by atoms with Crippen molar-refractivity contribution in [3.8, 4) is 33.7 Å². The molecule has 17 heteroatoms. The average Bonchev–Trinajstić information content (AvgIpc) is 4.05. The highest BCUT2D eigenvalue weighted by atomic mass is 16.5. The average molecular weight is 886 g/mol. The predicted molar refractivity (Wildman–Crippen MR) is 316 cm³/mol. The molecule has 0 amide bonds. The van der Waals surface area contributed by atoms with Gasteiger partial charge in [-0.3, -0.25) is 0 Å². The van der Waals surface area contributed by atoms with Crippen molar-refractivity contribution in [3.05, 3.63) is 144 Å². The fraction of sp³-hybridized carbons (Fsp3) is 0.0182. The lowest BCUT2D eigenvalue weighted by atomic mass is 9.65. The molecule has 306 valence electrons. The van der Waals surface area contributed by atoms with Crippen LogP contribution in [0.3, 0.4) is 0 Å². The highest BCUT2D eigenvalue weighted by molar-refractivity contribution is 6.66. The minimum Gasteiger partial charge on any atom is -0.463 e. The van der Waals surface area contributed by atoms with E-state index in [1.54, 1.807) is 13.0 Å². The van der Waals surface area contributed by atoms with E-state index in [0.29, 0.717) is 44.1 Å². The summed E-state index contributed by atoms with van der Waals surface area (Å²) in [6, 6.07) is 38.7. The summed E-state index contributed by atoms with van der Waals surface area (Å²) < 4.78 is 16.6. The van der Waals surface area contributed by atoms with Crippen LogP contribution in [0.25, 0.3) is 105 Å². The van der Waals surface area contributed by atoms with E-state index in [0.717, 1.165) is 49.4 Å². The number of fused-ring (bicyclic) bond motifs is 9. The zero-order chi connectivity index (χ0) is 50.8. The Hall–Kier alpha value is -6.98. The first kappa shape index (κ1) is 47.4. The third kappa shape index (κ3) is 7.08. The number of benzene rings is 8. The smallest absolute Gasteiger partial charge is 0.138 e. The quantitative estimate of drug-likeness (QED) is 0.132. The lowest BCUT2D eigenvalue weighted by molar-refractivity contribution is 0.429. The van der Waals surface area contributed by atoms with Gasteiger partial charge in [0.15, 0.2) is 0 Å². The summed E-state index contributed by atoms with van der Waals surface area (Å²) in [6.45, 7) is 5.46. The van der Waals surface area contributed by atoms with Gasteiger partial charge in [0.1, 0.15) is 119 Å². The maximum atomic E-state index is 7.12. The second-order valence-corrected chi connectivity index (χ2v) is 17.8. The van der Waals surface area contributed by atoms with Crippen LogP contribution in [0.2, 0.25) is 0 Å². The van der Waals surface area contributed by atoms with Gasteiger partial charge in [-0.15, -0.1) is 21.9 Å². The fourth-order valence-corrected chi connectivity index (χ4v) is 10.0. The van der Waals surface area contributed by atoms with Gasteiger partial charge < -0.3 is 18.3 Å². The third-order valence-electron chi connectivity index (χ3n) is 13.8. The Bertz CT molecular complexity index is 4260. The second kappa shape index (κ2) is 17.7. The zero-order valence-electron chi connectivity index (χ0n) is 39.0. The number of nitrogens with zero attached hydrogens (tertiary/aromatic N) is 2. The van der Waals surface area contributed by atoms with E-state index in [1.165, 1.54) is 6.08 Å². The molecule has 0 fully saturated rings. The van der Waals surface area contributed by atoms with Gasteiger partial charge in [0, 0.05) is 43.6 Å². The van der Waals surface area contributed by atoms with Gasteiger partial charge in [0.2, 0.25) is 0 Å². The van der Waals surface area contributed by atoms with Crippen LogP contribution < -0.4 is 59.4 Å². The topological polar surface area (TPSA) is 32.2 Å². The first-order valence-corrected chi connectivity index (χ1v) is 22.6. The summed E-state index contributed by atoms with van der Waals surface area (Å²) in [5.74, 6) is 0.261. The fourth-order valence-electron chi connectivity index (χ4n) is 10.0. The molecule has 3 aromatic heterocycles. The van der Waals surface area contributed by atoms with E-state index in [9.17, 15) is 0 Å². The Balaban J connectivity index is 1.13. The minimum atomic E-state index is 0.00645. The molecule has 11 rings (SSSR count). The Kier molecular flexibility index (Phi) is 11.6. The van der Waals surface area contributed by atoms with Crippen LogP contribution in [-0.2, 0) is 0 Å². The van der Waals surface area contributed by atoms with Crippen LogP contribution in [0.1, 0.15) is 12.5 Å². The van der Waals surface area contributed by atoms with Crippen molar-refractivity contribution < 1.29 is 9.15 Å². The highest BCUT2D eigenvalue weighted by Gasteiger charge is 2.23. The zero-order valence-corrected chi connectivity index (χ0v) is 39.0. The van der Waals surface area contributed by atoms with Crippen molar-refractivity contribution >= 4 is 234 Å². The van der Waals surface area contributed by atoms with Crippen molar-refractivity contribution in [1.82, 2.24) is 9.13 Å². The molecule has 8 aromatic carbocycles. The SMILES string of the molecule is [B]C(=C(/C)Oc1c([B])c([B])c([B])c([B])c1C=C)/C([B])=C(\[B])n1c2ccc(-c3ccc4c(c3)c3ccccc3n4-c3ccccc3)cc2c2cc(-c3c([B])c([B])c4c(oc5cc([B])c([B])c([B])c54)c3[B])ccc21. The summed E-state index contributed by atoms with van der Waals surface area (Å²) >= 11 is 0. The van der Waals surface area contributed by atoms with Crippen LogP contribution >= 0.6 is 0 Å². The molecule has 11 aromatic rings. The minimum absolute atomic E-state index is 0.00645. The summed E-state index contributed by atoms with van der Waals surface area (Å²) in [4.78, 5) is 0. The lowest BCUT2D eigenvalue weighted by Gasteiger charge is -2.23. The van der Waals surface area contributed by atoms with Crippen LogP contribution in [0, 0.1) is 0 Å². The van der Waals surface area contributed by atoms with Crippen LogP contribution in [0.4, 0.5) is 0 Å². The van der Waals surface area contributed by atoms with Gasteiger partial charge in [0.05, 0.1) is 27.8 Å². The van der Waals surface area contributed by atoms with Crippen molar-refractivity contribution in [1.29, 1.82) is 0 Å². The summed E-state index contributed by atoms with van der Waals surface area (Å²) in [6.07, 6.45) is 1.46. The molecule has 0 saturated carbocycles. The van der Waals surface area contributed by atoms with Crippen molar-refractivity contribution in [2.45, 2.75) is 6.92 Å². The number of rotatable bonds is 8. The molecule has 0 aliphatic heterocycles. The largest absolute Gasteiger partial charge is 0.463 e. The van der Waals surface area contributed by atoms with Gasteiger partial charge in [-0.1, -0.05) is 106 Å². The molecule has 0 N–H and O–H groups in total. The molecular weight excluding hydrogens is 861 g/mol. The standard InChI is InChI=1S/C55H25B13N2O2/c1-3-28-43(58)49(64)50(65)51(66)53(28)71-23(2)42(57)52(67)55(68)70-36-17-14-25(24-13-16-35-30(19-24)29-11-7-8-12-34(29)69(35)27-9-5-4-6-10-27)20-31(36)32-21-26(15-18-37(32)70)39-45(60)47(62)41-40-38(72-54(41)48(39)63)22-33(56)44(59)46(40)61/h3-22H,1H2,2H3/b42-23-,55-52-. The molecule has 0 atom stereocenters. The number of furan rings is 1. The van der Waals surface area contributed by atoms with Crippen molar-refractivity contribution in [3.63, 3.8) is 0 Å². The maximum Gasteiger partial charge on any atom is 0.138 e. The van der Waals surface area contributed by atoms with E-state index < -0.39 is 0 Å². The first-order valence-electron chi connectivity index (χ1n) is 22.6. The Morgan fingerprint density at radius 1 is 0.514 bits per heavy atom. The van der Waals surface area contributed by atoms with Gasteiger partial charge in [-0.2, -0.15) is 0 Å². The van der Waals surface area contributed by atoms with Gasteiger partial charge >= 0.3 is 0 Å². The van der Waals surface area contributed by atoms with Gasteiger partial charge in [-0.05, 0) is 101 Å². The first-order chi connectivity index (χ1) is 34.5. The highest BCUT2D eigenvalue weighted by Crippen LogP contribution is 2.40. The number of aromatic nitrogens is 2. The van der Waals surface area contributed by atoms with Crippen LogP contribution in [0.5, 0.6) is 5.75 Å². The molecule has 72 heavy (non-hydrogen) atoms. The van der Waals surface area contributed by atoms with Gasteiger partial charge in [-0.25, -0.2) is 0 Å². The molecule has 0 aliphatic carbocycles. The van der Waals surface area contributed by atoms with Crippen molar-refractivity contribution in [2.24, 2.45) is 0 Å². The predicted octanol–water partition coefficient (Wildman–Crippen LogP) is 1.65. The van der Waals surface area contributed by atoms with E-state index in [-0.39, 0.29) is 88.3 Å². The van der Waals surface area contributed by atoms with E-state index >= 15 is 0 Å². The number of allylic oxidation sites excluding steroid dienone is 3. The Morgan fingerprint density at radius 2 is 1.07 bits per heavy atom. The van der Waals surface area contributed by atoms with E-state index in [1.807, 2.05) is 53.1 Å². The number of ether oxygens (including phenoxy) is 1. The molecule has 0 unspecified atom stereocenters. The molecule has 0 saturated heterocycles. The number of hydrogen-bond acceptors (Lipinski definition) is 2. The summed E-state index contributed by atoms with van der Waals surface area (Å²) in [5, 5.41) is 4.70. The maximum absolute atomic E-state index is 7.12. The molecule has 0 bridgehead atoms. The molecule has 0 spiro atoms. The number of para-hydroxylation sites is 2. The van der Waals surface area contributed by atoms with E-state index in [2.05, 4.69) is 71.8 Å². The van der Waals surface area contributed by atoms with E-state index in [4.69, 9.17) is 111 Å². The number of hydrogen-bond donors (Lipinski definition) is 0. The van der Waals surface area contributed by atoms with Crippen molar-refractivity contribution in [2.75, 3.05) is 0 Å². The molecular formula is C55H25B13N2O2.